The van der Waals surface area contributed by atoms with Crippen LogP contribution in [0.3, 0.4) is 0 Å². The Morgan fingerprint density at radius 3 is 2.20 bits per heavy atom. The van der Waals surface area contributed by atoms with Crippen LogP contribution in [-0.2, 0) is 19.0 Å². The monoisotopic (exact) mass is 218 g/mol. The maximum atomic E-state index is 11.1. The van der Waals surface area contributed by atoms with Gasteiger partial charge in [-0.1, -0.05) is 0 Å². The molecule has 88 valence electrons. The van der Waals surface area contributed by atoms with E-state index in [1.54, 1.807) is 27.7 Å². The fourth-order valence-electron chi connectivity index (χ4n) is 0.726. The molecule has 0 bridgehead atoms. The van der Waals surface area contributed by atoms with Gasteiger partial charge in [0.05, 0.1) is 6.61 Å². The summed E-state index contributed by atoms with van der Waals surface area (Å²) in [7, 11) is 0. The summed E-state index contributed by atoms with van der Waals surface area (Å²) in [5.41, 5.74) is -0.633. The van der Waals surface area contributed by atoms with Crippen molar-refractivity contribution < 1.29 is 23.8 Å². The number of hydrogen-bond donors (Lipinski definition) is 0. The highest BCUT2D eigenvalue weighted by Gasteiger charge is 2.23. The lowest BCUT2D eigenvalue weighted by molar-refractivity contribution is -0.154. The Hall–Kier alpha value is -1.26. The molecule has 0 aliphatic rings. The molecule has 0 N–H and O–H groups in total. The van der Waals surface area contributed by atoms with Gasteiger partial charge in [0.15, 0.2) is 6.10 Å². The Morgan fingerprint density at radius 2 is 1.80 bits per heavy atom. The van der Waals surface area contributed by atoms with Gasteiger partial charge in [-0.2, -0.15) is 0 Å². The van der Waals surface area contributed by atoms with E-state index < -0.39 is 23.8 Å². The highest BCUT2D eigenvalue weighted by molar-refractivity contribution is 5.77. The molecular weight excluding hydrogens is 200 g/mol. The summed E-state index contributed by atoms with van der Waals surface area (Å²) in [4.78, 5) is 22.2. The molecule has 0 saturated carbocycles. The predicted molar refractivity (Wildman–Crippen MR) is 53.4 cm³/mol. The number of hydrogen-bond acceptors (Lipinski definition) is 5. The largest absolute Gasteiger partial charge is 0.509 e. The molecule has 0 aliphatic carbocycles. The van der Waals surface area contributed by atoms with Gasteiger partial charge in [0, 0.05) is 0 Å². The van der Waals surface area contributed by atoms with E-state index in [1.165, 1.54) is 6.92 Å². The Kier molecular flexibility index (Phi) is 5.11. The maximum Gasteiger partial charge on any atom is 0.509 e. The fourth-order valence-corrected chi connectivity index (χ4v) is 0.726. The maximum absolute atomic E-state index is 11.1. The molecule has 0 radical (unpaired) electrons. The van der Waals surface area contributed by atoms with E-state index in [2.05, 4.69) is 4.74 Å². The summed E-state index contributed by atoms with van der Waals surface area (Å²) in [6, 6.07) is 0. The van der Waals surface area contributed by atoms with Crippen LogP contribution in [-0.4, -0.2) is 30.4 Å². The minimum absolute atomic E-state index is 0.251. The highest BCUT2D eigenvalue weighted by atomic mass is 16.7. The van der Waals surface area contributed by atoms with Crippen LogP contribution in [0.15, 0.2) is 0 Å². The van der Waals surface area contributed by atoms with Crippen molar-refractivity contribution in [3.05, 3.63) is 0 Å². The fraction of sp³-hybridized carbons (Fsp3) is 0.800. The van der Waals surface area contributed by atoms with E-state index in [4.69, 9.17) is 9.47 Å². The van der Waals surface area contributed by atoms with Crippen molar-refractivity contribution in [2.45, 2.75) is 46.3 Å². The highest BCUT2D eigenvalue weighted by Crippen LogP contribution is 2.09. The summed E-state index contributed by atoms with van der Waals surface area (Å²) in [5, 5.41) is 0. The molecule has 0 aromatic heterocycles. The first-order valence-electron chi connectivity index (χ1n) is 4.82. The van der Waals surface area contributed by atoms with Crippen LogP contribution < -0.4 is 0 Å². The molecule has 0 amide bonds. The number of esters is 1. The van der Waals surface area contributed by atoms with Gasteiger partial charge in [0.25, 0.3) is 0 Å². The van der Waals surface area contributed by atoms with Crippen LogP contribution in [0.4, 0.5) is 4.79 Å². The van der Waals surface area contributed by atoms with Gasteiger partial charge >= 0.3 is 12.1 Å². The molecule has 0 aromatic rings. The molecule has 0 fully saturated rings. The molecule has 1 unspecified atom stereocenters. The average molecular weight is 218 g/mol. The number of carbonyl (C=O) groups excluding carboxylic acids is 2. The third-order valence-corrected chi connectivity index (χ3v) is 1.28. The smallest absolute Gasteiger partial charge is 0.463 e. The summed E-state index contributed by atoms with van der Waals surface area (Å²) >= 11 is 0. The average Bonchev–Trinajstić information content (AvgIpc) is 2.00. The molecule has 0 aromatic carbocycles. The normalized spacial score (nSPS) is 12.9. The second-order valence-corrected chi connectivity index (χ2v) is 3.98. The lowest BCUT2D eigenvalue weighted by Crippen LogP contribution is -2.31. The van der Waals surface area contributed by atoms with Crippen LogP contribution in [0.2, 0.25) is 0 Å². The zero-order valence-electron chi connectivity index (χ0n) is 9.83. The van der Waals surface area contributed by atoms with Crippen LogP contribution in [0.25, 0.3) is 0 Å². The Bertz CT molecular complexity index is 228. The number of carbonyl (C=O) groups is 2. The summed E-state index contributed by atoms with van der Waals surface area (Å²) < 4.78 is 14.2. The van der Waals surface area contributed by atoms with Crippen LogP contribution in [0, 0.1) is 0 Å². The molecule has 5 nitrogen and oxygen atoms in total. The van der Waals surface area contributed by atoms with Crippen LogP contribution in [0.5, 0.6) is 0 Å². The van der Waals surface area contributed by atoms with Crippen molar-refractivity contribution in [3.8, 4) is 0 Å². The second-order valence-electron chi connectivity index (χ2n) is 3.98. The molecule has 15 heavy (non-hydrogen) atoms. The topological polar surface area (TPSA) is 61.8 Å². The van der Waals surface area contributed by atoms with E-state index in [1.807, 2.05) is 0 Å². The van der Waals surface area contributed by atoms with E-state index in [0.717, 1.165) is 0 Å². The van der Waals surface area contributed by atoms with Gasteiger partial charge in [0.1, 0.15) is 5.60 Å². The Labute approximate surface area is 89.7 Å². The molecule has 0 saturated heterocycles. The van der Waals surface area contributed by atoms with Crippen molar-refractivity contribution in [3.63, 3.8) is 0 Å². The van der Waals surface area contributed by atoms with Gasteiger partial charge in [-0.3, -0.25) is 0 Å². The molecular formula is C10H18O5. The number of ether oxygens (including phenoxy) is 3. The first-order valence-corrected chi connectivity index (χ1v) is 4.82. The summed E-state index contributed by atoms with van der Waals surface area (Å²) in [6.07, 6.45) is -1.82. The van der Waals surface area contributed by atoms with E-state index in [0.29, 0.717) is 0 Å². The third kappa shape index (κ3) is 6.76. The first kappa shape index (κ1) is 13.7. The first-order chi connectivity index (χ1) is 6.76. The van der Waals surface area contributed by atoms with Crippen molar-refractivity contribution in [2.24, 2.45) is 0 Å². The van der Waals surface area contributed by atoms with Crippen LogP contribution in [0.1, 0.15) is 34.6 Å². The van der Waals surface area contributed by atoms with E-state index in [-0.39, 0.29) is 6.61 Å². The minimum atomic E-state index is -0.945. The van der Waals surface area contributed by atoms with Gasteiger partial charge in [0.2, 0.25) is 0 Å². The zero-order valence-corrected chi connectivity index (χ0v) is 9.83. The van der Waals surface area contributed by atoms with E-state index >= 15 is 0 Å². The lowest BCUT2D eigenvalue weighted by atomic mass is 10.2. The SMILES string of the molecule is CCOC(=O)C(C)OC(=O)OC(C)(C)C. The van der Waals surface area contributed by atoms with E-state index in [9.17, 15) is 9.59 Å². The lowest BCUT2D eigenvalue weighted by Gasteiger charge is -2.20. The van der Waals surface area contributed by atoms with Crippen LogP contribution >= 0.6 is 0 Å². The molecule has 0 aliphatic heterocycles. The minimum Gasteiger partial charge on any atom is -0.463 e. The molecule has 0 spiro atoms. The van der Waals surface area contributed by atoms with Crippen molar-refractivity contribution in [1.29, 1.82) is 0 Å². The molecule has 1 atom stereocenters. The van der Waals surface area contributed by atoms with Gasteiger partial charge < -0.3 is 14.2 Å². The standard InChI is InChI=1S/C10H18O5/c1-6-13-8(11)7(2)14-9(12)15-10(3,4)5/h7H,6H2,1-5H3. The van der Waals surface area contributed by atoms with Gasteiger partial charge in [-0.25, -0.2) is 9.59 Å². The number of rotatable bonds is 3. The van der Waals surface area contributed by atoms with Gasteiger partial charge in [-0.05, 0) is 34.6 Å². The van der Waals surface area contributed by atoms with Crippen molar-refractivity contribution in [1.82, 2.24) is 0 Å². The second kappa shape index (κ2) is 5.58. The van der Waals surface area contributed by atoms with Crippen molar-refractivity contribution >= 4 is 12.1 Å². The van der Waals surface area contributed by atoms with Gasteiger partial charge in [-0.15, -0.1) is 0 Å². The zero-order chi connectivity index (χ0) is 12.1. The predicted octanol–water partition coefficient (Wildman–Crippen LogP) is 1.89. The quantitative estimate of drug-likeness (QED) is 0.677. The molecule has 0 heterocycles. The summed E-state index contributed by atoms with van der Waals surface area (Å²) in [5.74, 6) is -0.580. The molecule has 5 heteroatoms. The summed E-state index contributed by atoms with van der Waals surface area (Å²) in [6.45, 7) is 8.50. The van der Waals surface area contributed by atoms with Crippen molar-refractivity contribution in [2.75, 3.05) is 6.61 Å². The Balaban J connectivity index is 4.02. The third-order valence-electron chi connectivity index (χ3n) is 1.28. The molecule has 0 rings (SSSR count). The Morgan fingerprint density at radius 1 is 1.27 bits per heavy atom.